The highest BCUT2D eigenvalue weighted by Crippen LogP contribution is 2.29. The molecule has 0 unspecified atom stereocenters. The van der Waals surface area contributed by atoms with Crippen LogP contribution in [0.3, 0.4) is 0 Å². The molecule has 0 saturated carbocycles. The largest absolute Gasteiger partial charge is 0.573 e. The number of hydrogen-bond donors (Lipinski definition) is 2. The van der Waals surface area contributed by atoms with Crippen molar-refractivity contribution in [3.63, 3.8) is 0 Å². The van der Waals surface area contributed by atoms with Crippen molar-refractivity contribution in [2.24, 2.45) is 10.7 Å². The minimum absolute atomic E-state index is 0. The molecule has 0 spiro atoms. The Morgan fingerprint density at radius 3 is 2.50 bits per heavy atom. The summed E-state index contributed by atoms with van der Waals surface area (Å²) in [5.74, 6) is 0.267. The fraction of sp³-hybridized carbons (Fsp3) is 0.158. The first kappa shape index (κ1) is 23.3. The molecular formula is C19H19F3IN5O2. The number of hydrogen-bond acceptors (Lipinski definition) is 4. The number of guanidine groups is 1. The van der Waals surface area contributed by atoms with Gasteiger partial charge in [-0.05, 0) is 42.5 Å². The van der Waals surface area contributed by atoms with Crippen molar-refractivity contribution in [1.29, 1.82) is 0 Å². The molecule has 0 radical (unpaired) electrons. The van der Waals surface area contributed by atoms with Crippen molar-refractivity contribution < 1.29 is 22.6 Å². The summed E-state index contributed by atoms with van der Waals surface area (Å²) >= 11 is 0. The van der Waals surface area contributed by atoms with E-state index in [2.05, 4.69) is 20.1 Å². The summed E-state index contributed by atoms with van der Waals surface area (Å²) < 4.78 is 48.2. The number of aliphatic imine (C=N–C) groups is 1. The van der Waals surface area contributed by atoms with Crippen LogP contribution < -0.4 is 20.5 Å². The van der Waals surface area contributed by atoms with Gasteiger partial charge in [0.25, 0.3) is 0 Å². The summed E-state index contributed by atoms with van der Waals surface area (Å²) in [5.41, 5.74) is 7.31. The molecule has 3 rings (SSSR count). The summed E-state index contributed by atoms with van der Waals surface area (Å²) in [6, 6.07) is 14.7. The van der Waals surface area contributed by atoms with Crippen LogP contribution in [-0.4, -0.2) is 29.2 Å². The molecule has 1 heterocycles. The lowest BCUT2D eigenvalue weighted by atomic mass is 10.3. The first-order valence-corrected chi connectivity index (χ1v) is 8.45. The number of benzene rings is 2. The Balaban J connectivity index is 0.00000320. The third-order valence-corrected chi connectivity index (χ3v) is 3.77. The van der Waals surface area contributed by atoms with E-state index in [9.17, 15) is 13.2 Å². The molecule has 160 valence electrons. The Morgan fingerprint density at radius 2 is 1.83 bits per heavy atom. The second-order valence-electron chi connectivity index (χ2n) is 5.82. The van der Waals surface area contributed by atoms with Crippen molar-refractivity contribution >= 4 is 35.6 Å². The highest BCUT2D eigenvalue weighted by atomic mass is 127. The van der Waals surface area contributed by atoms with E-state index in [-0.39, 0.29) is 42.2 Å². The topological polar surface area (TPSA) is 86.7 Å². The van der Waals surface area contributed by atoms with Crippen LogP contribution in [0.15, 0.2) is 65.8 Å². The Kier molecular flexibility index (Phi) is 7.92. The molecule has 0 bridgehead atoms. The van der Waals surface area contributed by atoms with Crippen LogP contribution in [0.2, 0.25) is 0 Å². The van der Waals surface area contributed by atoms with E-state index < -0.39 is 12.1 Å². The monoisotopic (exact) mass is 533 g/mol. The molecule has 0 amide bonds. The maximum absolute atomic E-state index is 12.5. The molecule has 0 saturated heterocycles. The van der Waals surface area contributed by atoms with Gasteiger partial charge in [0.1, 0.15) is 5.75 Å². The second-order valence-corrected chi connectivity index (χ2v) is 5.82. The highest BCUT2D eigenvalue weighted by molar-refractivity contribution is 14.0. The van der Waals surface area contributed by atoms with Gasteiger partial charge in [-0.25, -0.2) is 9.67 Å². The van der Waals surface area contributed by atoms with Gasteiger partial charge in [-0.1, -0.05) is 12.1 Å². The second kappa shape index (κ2) is 10.2. The number of rotatable bonds is 6. The average Bonchev–Trinajstić information content (AvgIpc) is 3.16. The fourth-order valence-electron chi connectivity index (χ4n) is 2.45. The number of methoxy groups -OCH3 is 1. The number of halogens is 4. The van der Waals surface area contributed by atoms with Gasteiger partial charge in [0.2, 0.25) is 0 Å². The highest BCUT2D eigenvalue weighted by Gasteiger charge is 2.32. The number of nitrogens with two attached hydrogens (primary N) is 1. The Bertz CT molecular complexity index is 990. The predicted octanol–water partition coefficient (Wildman–Crippen LogP) is 4.32. The Labute approximate surface area is 187 Å². The fourth-order valence-corrected chi connectivity index (χ4v) is 2.45. The summed E-state index contributed by atoms with van der Waals surface area (Å²) in [6.07, 6.45) is -3.04. The maximum atomic E-state index is 12.5. The predicted molar refractivity (Wildman–Crippen MR) is 118 cm³/mol. The minimum atomic E-state index is -4.81. The number of nitrogens with zero attached hydrogens (tertiary/aromatic N) is 3. The molecule has 3 aromatic rings. The van der Waals surface area contributed by atoms with Crippen LogP contribution in [0.4, 0.5) is 18.9 Å². The third-order valence-electron chi connectivity index (χ3n) is 3.77. The lowest BCUT2D eigenvalue weighted by Crippen LogP contribution is -2.24. The van der Waals surface area contributed by atoms with Gasteiger partial charge in [0.15, 0.2) is 11.7 Å². The number of nitrogens with one attached hydrogen (secondary N) is 1. The first-order chi connectivity index (χ1) is 13.8. The van der Waals surface area contributed by atoms with Gasteiger partial charge in [-0.2, -0.15) is 5.10 Å². The van der Waals surface area contributed by atoms with Crippen LogP contribution in [0.1, 0.15) is 5.69 Å². The van der Waals surface area contributed by atoms with Crippen molar-refractivity contribution in [2.45, 2.75) is 12.9 Å². The van der Waals surface area contributed by atoms with Crippen molar-refractivity contribution in [3.05, 3.63) is 66.5 Å². The quantitative estimate of drug-likeness (QED) is 0.280. The Hall–Kier alpha value is -2.96. The number of anilines is 1. The normalized spacial score (nSPS) is 11.5. The molecule has 30 heavy (non-hydrogen) atoms. The number of ether oxygens (including phenoxy) is 2. The number of alkyl halides is 3. The molecule has 0 aliphatic heterocycles. The maximum Gasteiger partial charge on any atom is 0.573 e. The van der Waals surface area contributed by atoms with Gasteiger partial charge in [0.05, 0.1) is 30.7 Å². The average molecular weight is 533 g/mol. The molecule has 0 aliphatic carbocycles. The molecular weight excluding hydrogens is 514 g/mol. The van der Waals surface area contributed by atoms with E-state index in [1.165, 1.54) is 18.2 Å². The van der Waals surface area contributed by atoms with Gasteiger partial charge >= 0.3 is 6.36 Å². The lowest BCUT2D eigenvalue weighted by Gasteiger charge is -2.14. The summed E-state index contributed by atoms with van der Waals surface area (Å²) in [6.45, 7) is 0.143. The molecule has 7 nitrogen and oxygen atoms in total. The molecule has 2 aromatic carbocycles. The summed E-state index contributed by atoms with van der Waals surface area (Å²) in [7, 11) is 1.59. The van der Waals surface area contributed by atoms with E-state index in [4.69, 9.17) is 10.5 Å². The van der Waals surface area contributed by atoms with Gasteiger partial charge in [0, 0.05) is 6.20 Å². The zero-order valence-electron chi connectivity index (χ0n) is 15.8. The van der Waals surface area contributed by atoms with Crippen LogP contribution >= 0.6 is 24.0 Å². The van der Waals surface area contributed by atoms with Crippen molar-refractivity contribution in [2.75, 3.05) is 12.4 Å². The lowest BCUT2D eigenvalue weighted by molar-refractivity contribution is -0.274. The first-order valence-electron chi connectivity index (χ1n) is 8.45. The molecule has 0 atom stereocenters. The van der Waals surface area contributed by atoms with E-state index >= 15 is 0 Å². The molecule has 3 N–H and O–H groups in total. The Morgan fingerprint density at radius 1 is 1.13 bits per heavy atom. The number of aromatic nitrogens is 2. The van der Waals surface area contributed by atoms with Gasteiger partial charge < -0.3 is 20.5 Å². The van der Waals surface area contributed by atoms with E-state index in [0.717, 1.165) is 11.4 Å². The standard InChI is InChI=1S/C19H18F3N5O2.HI/c1-28-15-8-6-14(7-9-15)27-11-10-13(26-27)12-24-18(23)25-16-4-2-3-5-17(16)29-19(20,21)22;/h2-11H,12H2,1H3,(H3,23,24,25);1H. The van der Waals surface area contributed by atoms with Crippen LogP contribution in [0.25, 0.3) is 5.69 Å². The summed E-state index contributed by atoms with van der Waals surface area (Å²) in [5, 5.41) is 7.00. The summed E-state index contributed by atoms with van der Waals surface area (Å²) in [4.78, 5) is 4.11. The van der Waals surface area contributed by atoms with E-state index in [1.807, 2.05) is 24.3 Å². The number of para-hydroxylation sites is 2. The van der Waals surface area contributed by atoms with Gasteiger partial charge in [-0.3, -0.25) is 0 Å². The van der Waals surface area contributed by atoms with Crippen molar-refractivity contribution in [3.8, 4) is 17.2 Å². The van der Waals surface area contributed by atoms with Crippen molar-refractivity contribution in [1.82, 2.24) is 9.78 Å². The third kappa shape index (κ3) is 6.54. The van der Waals surface area contributed by atoms with E-state index in [0.29, 0.717) is 5.69 Å². The van der Waals surface area contributed by atoms with Crippen LogP contribution in [0.5, 0.6) is 11.5 Å². The van der Waals surface area contributed by atoms with E-state index in [1.54, 1.807) is 30.1 Å². The van der Waals surface area contributed by atoms with Crippen LogP contribution in [-0.2, 0) is 6.54 Å². The molecule has 11 heteroatoms. The van der Waals surface area contributed by atoms with Crippen LogP contribution in [0, 0.1) is 0 Å². The molecule has 0 fully saturated rings. The zero-order valence-corrected chi connectivity index (χ0v) is 18.1. The zero-order chi connectivity index (χ0) is 20.9. The molecule has 0 aliphatic rings. The SMILES string of the molecule is COc1ccc(-n2ccc(CN=C(N)Nc3ccccc3OC(F)(F)F)n2)cc1.I. The minimum Gasteiger partial charge on any atom is -0.497 e. The molecule has 1 aromatic heterocycles. The van der Waals surface area contributed by atoms with Gasteiger partial charge in [-0.15, -0.1) is 37.1 Å². The smallest absolute Gasteiger partial charge is 0.497 e.